The Hall–Kier alpha value is -1.62. The molecule has 1 atom stereocenters. The Morgan fingerprint density at radius 2 is 2.41 bits per heavy atom. The number of hydrogen-bond donors (Lipinski definition) is 1. The highest BCUT2D eigenvalue weighted by molar-refractivity contribution is 5.45. The minimum absolute atomic E-state index is 0.192. The summed E-state index contributed by atoms with van der Waals surface area (Å²) in [6.07, 6.45) is 1.81. The number of benzene rings is 1. The highest BCUT2D eigenvalue weighted by atomic mass is 16.6. The smallest absolute Gasteiger partial charge is 0.272 e. The Morgan fingerprint density at radius 3 is 3.00 bits per heavy atom. The monoisotopic (exact) mass is 236 g/mol. The third-order valence-electron chi connectivity index (χ3n) is 3.15. The third kappa shape index (κ3) is 2.74. The first-order chi connectivity index (χ1) is 8.20. The van der Waals surface area contributed by atoms with Crippen LogP contribution in [0.2, 0.25) is 0 Å². The molecule has 5 heteroatoms. The van der Waals surface area contributed by atoms with Crippen LogP contribution in [-0.2, 0) is 6.42 Å². The van der Waals surface area contributed by atoms with Gasteiger partial charge in [0.15, 0.2) is 0 Å². The minimum Gasteiger partial charge on any atom is -0.497 e. The molecule has 1 aliphatic rings. The minimum atomic E-state index is -0.322. The first-order valence-electron chi connectivity index (χ1n) is 5.72. The number of nitrogens with zero attached hydrogens (tertiary/aromatic N) is 1. The second-order valence-electron chi connectivity index (χ2n) is 4.31. The van der Waals surface area contributed by atoms with Gasteiger partial charge in [0.05, 0.1) is 12.0 Å². The Bertz CT molecular complexity index is 414. The van der Waals surface area contributed by atoms with E-state index < -0.39 is 0 Å². The molecule has 1 aromatic rings. The quantitative estimate of drug-likeness (QED) is 0.639. The molecular weight excluding hydrogens is 220 g/mol. The van der Waals surface area contributed by atoms with Crippen LogP contribution in [0.15, 0.2) is 18.2 Å². The molecule has 1 saturated heterocycles. The van der Waals surface area contributed by atoms with Crippen molar-refractivity contribution in [2.45, 2.75) is 12.8 Å². The van der Waals surface area contributed by atoms with E-state index in [9.17, 15) is 10.1 Å². The summed E-state index contributed by atoms with van der Waals surface area (Å²) in [6, 6.07) is 4.93. The van der Waals surface area contributed by atoms with Crippen LogP contribution in [0.3, 0.4) is 0 Å². The molecule has 0 radical (unpaired) electrons. The van der Waals surface area contributed by atoms with E-state index in [1.807, 2.05) is 0 Å². The Morgan fingerprint density at radius 1 is 1.59 bits per heavy atom. The average Bonchev–Trinajstić information content (AvgIpc) is 2.81. The lowest BCUT2D eigenvalue weighted by Crippen LogP contribution is -2.11. The van der Waals surface area contributed by atoms with E-state index in [-0.39, 0.29) is 10.6 Å². The fraction of sp³-hybridized carbons (Fsp3) is 0.500. The van der Waals surface area contributed by atoms with E-state index >= 15 is 0 Å². The number of rotatable bonds is 4. The number of ether oxygens (including phenoxy) is 1. The van der Waals surface area contributed by atoms with E-state index in [4.69, 9.17) is 4.74 Å². The Labute approximate surface area is 99.9 Å². The molecule has 17 heavy (non-hydrogen) atoms. The molecule has 1 aliphatic heterocycles. The summed E-state index contributed by atoms with van der Waals surface area (Å²) in [5.74, 6) is 1.16. The van der Waals surface area contributed by atoms with Crippen molar-refractivity contribution in [3.8, 4) is 5.75 Å². The first-order valence-corrected chi connectivity index (χ1v) is 5.72. The number of nitro benzene ring substituents is 1. The van der Waals surface area contributed by atoms with Crippen LogP contribution in [-0.4, -0.2) is 25.1 Å². The zero-order valence-electron chi connectivity index (χ0n) is 9.81. The second kappa shape index (κ2) is 5.14. The molecule has 1 unspecified atom stereocenters. The maximum Gasteiger partial charge on any atom is 0.272 e. The molecule has 0 bridgehead atoms. The van der Waals surface area contributed by atoms with Crippen LogP contribution >= 0.6 is 0 Å². The van der Waals surface area contributed by atoms with Crippen LogP contribution in [0.4, 0.5) is 5.69 Å². The highest BCUT2D eigenvalue weighted by Crippen LogP contribution is 2.27. The predicted octanol–water partition coefficient (Wildman–Crippen LogP) is 1.76. The summed E-state index contributed by atoms with van der Waals surface area (Å²) < 4.78 is 5.12. The SMILES string of the molecule is COc1ccc([N+](=O)[O-])c(CC2CCNC2)c1. The summed E-state index contributed by atoms with van der Waals surface area (Å²) in [7, 11) is 1.57. The van der Waals surface area contributed by atoms with Gasteiger partial charge in [-0.05, 0) is 44.0 Å². The van der Waals surface area contributed by atoms with Gasteiger partial charge < -0.3 is 10.1 Å². The molecule has 1 heterocycles. The summed E-state index contributed by atoms with van der Waals surface area (Å²) >= 11 is 0. The van der Waals surface area contributed by atoms with Gasteiger partial charge in [-0.1, -0.05) is 0 Å². The van der Waals surface area contributed by atoms with Crippen molar-refractivity contribution in [1.82, 2.24) is 5.32 Å². The standard InChI is InChI=1S/C12H16N2O3/c1-17-11-2-3-12(14(15)16)10(7-11)6-9-4-5-13-8-9/h2-3,7,9,13H,4-6,8H2,1H3. The lowest BCUT2D eigenvalue weighted by Gasteiger charge is -2.10. The van der Waals surface area contributed by atoms with Crippen LogP contribution in [0.1, 0.15) is 12.0 Å². The topological polar surface area (TPSA) is 64.4 Å². The van der Waals surface area contributed by atoms with Crippen molar-refractivity contribution in [3.05, 3.63) is 33.9 Å². The van der Waals surface area contributed by atoms with Gasteiger partial charge in [-0.3, -0.25) is 10.1 Å². The van der Waals surface area contributed by atoms with Crippen LogP contribution in [0.5, 0.6) is 5.75 Å². The molecule has 0 saturated carbocycles. The van der Waals surface area contributed by atoms with Gasteiger partial charge in [-0.15, -0.1) is 0 Å². The van der Waals surface area contributed by atoms with Gasteiger partial charge in [0.25, 0.3) is 5.69 Å². The van der Waals surface area contributed by atoms with Gasteiger partial charge in [-0.2, -0.15) is 0 Å². The average molecular weight is 236 g/mol. The third-order valence-corrected chi connectivity index (χ3v) is 3.15. The lowest BCUT2D eigenvalue weighted by atomic mass is 9.97. The van der Waals surface area contributed by atoms with Crippen molar-refractivity contribution in [1.29, 1.82) is 0 Å². The zero-order valence-corrected chi connectivity index (χ0v) is 9.81. The molecule has 2 rings (SSSR count). The van der Waals surface area contributed by atoms with Gasteiger partial charge in [0.1, 0.15) is 5.75 Å². The van der Waals surface area contributed by atoms with E-state index in [2.05, 4.69) is 5.32 Å². The van der Waals surface area contributed by atoms with Crippen molar-refractivity contribution in [3.63, 3.8) is 0 Å². The summed E-state index contributed by atoms with van der Waals surface area (Å²) in [5.41, 5.74) is 0.959. The normalized spacial score (nSPS) is 19.2. The van der Waals surface area contributed by atoms with Crippen LogP contribution < -0.4 is 10.1 Å². The molecular formula is C12H16N2O3. The van der Waals surface area contributed by atoms with Crippen molar-refractivity contribution in [2.24, 2.45) is 5.92 Å². The molecule has 0 aromatic heterocycles. The molecule has 1 fully saturated rings. The lowest BCUT2D eigenvalue weighted by molar-refractivity contribution is -0.385. The van der Waals surface area contributed by atoms with E-state index in [1.54, 1.807) is 19.2 Å². The largest absolute Gasteiger partial charge is 0.497 e. The fourth-order valence-corrected chi connectivity index (χ4v) is 2.23. The summed E-state index contributed by atoms with van der Waals surface area (Å²) in [5, 5.41) is 14.2. The number of hydrogen-bond acceptors (Lipinski definition) is 4. The van der Waals surface area contributed by atoms with Crippen molar-refractivity contribution in [2.75, 3.05) is 20.2 Å². The summed E-state index contributed by atoms with van der Waals surface area (Å²) in [6.45, 7) is 1.94. The zero-order chi connectivity index (χ0) is 12.3. The van der Waals surface area contributed by atoms with Crippen LogP contribution in [0.25, 0.3) is 0 Å². The molecule has 1 N–H and O–H groups in total. The van der Waals surface area contributed by atoms with Gasteiger partial charge >= 0.3 is 0 Å². The molecule has 0 spiro atoms. The van der Waals surface area contributed by atoms with Gasteiger partial charge in [-0.25, -0.2) is 0 Å². The van der Waals surface area contributed by atoms with Crippen molar-refractivity contribution >= 4 is 5.69 Å². The Kier molecular flexibility index (Phi) is 3.58. The maximum atomic E-state index is 10.9. The summed E-state index contributed by atoms with van der Waals surface area (Å²) in [4.78, 5) is 10.6. The second-order valence-corrected chi connectivity index (χ2v) is 4.31. The maximum absolute atomic E-state index is 10.9. The molecule has 1 aromatic carbocycles. The van der Waals surface area contributed by atoms with E-state index in [0.29, 0.717) is 11.7 Å². The predicted molar refractivity (Wildman–Crippen MR) is 64.3 cm³/mol. The highest BCUT2D eigenvalue weighted by Gasteiger charge is 2.21. The fourth-order valence-electron chi connectivity index (χ4n) is 2.23. The molecule has 0 amide bonds. The van der Waals surface area contributed by atoms with E-state index in [0.717, 1.165) is 31.5 Å². The molecule has 5 nitrogen and oxygen atoms in total. The van der Waals surface area contributed by atoms with Gasteiger partial charge in [0.2, 0.25) is 0 Å². The van der Waals surface area contributed by atoms with Gasteiger partial charge in [0, 0.05) is 11.6 Å². The molecule has 92 valence electrons. The van der Waals surface area contributed by atoms with E-state index in [1.165, 1.54) is 6.07 Å². The molecule has 0 aliphatic carbocycles. The van der Waals surface area contributed by atoms with Crippen molar-refractivity contribution < 1.29 is 9.66 Å². The number of methoxy groups -OCH3 is 1. The first kappa shape index (κ1) is 11.9. The number of nitrogens with one attached hydrogen (secondary N) is 1. The number of nitro groups is 1. The van der Waals surface area contributed by atoms with Crippen LogP contribution in [0, 0.1) is 16.0 Å². The Balaban J connectivity index is 2.24.